The van der Waals surface area contributed by atoms with Gasteiger partial charge in [-0.15, -0.1) is 0 Å². The van der Waals surface area contributed by atoms with E-state index >= 15 is 0 Å². The van der Waals surface area contributed by atoms with Gasteiger partial charge < -0.3 is 5.11 Å². The Morgan fingerprint density at radius 2 is 2.07 bits per heavy atom. The predicted molar refractivity (Wildman–Crippen MR) is 54.7 cm³/mol. The third kappa shape index (κ3) is 1.76. The highest BCUT2D eigenvalue weighted by atomic mass is 16.3. The molecule has 0 aromatic rings. The van der Waals surface area contributed by atoms with Crippen LogP contribution in [-0.2, 0) is 4.79 Å². The lowest BCUT2D eigenvalue weighted by atomic mass is 9.55. The molecule has 3 aliphatic rings. The van der Waals surface area contributed by atoms with E-state index in [0.29, 0.717) is 18.4 Å². The third-order valence-electron chi connectivity index (χ3n) is 3.87. The van der Waals surface area contributed by atoms with Crippen molar-refractivity contribution in [3.05, 3.63) is 12.2 Å². The molecule has 0 unspecified atom stereocenters. The molecule has 0 amide bonds. The first kappa shape index (κ1) is 9.91. The largest absolute Gasteiger partial charge is 0.396 e. The van der Waals surface area contributed by atoms with Crippen LogP contribution in [0.2, 0.25) is 0 Å². The normalized spacial score (nSPS) is 41.0. The minimum Gasteiger partial charge on any atom is -0.396 e. The molecule has 0 saturated heterocycles. The molecule has 0 heterocycles. The fraction of sp³-hybridized carbons (Fsp3) is 0.750. The van der Waals surface area contributed by atoms with Gasteiger partial charge in [0.25, 0.3) is 0 Å². The highest BCUT2D eigenvalue weighted by Gasteiger charge is 2.44. The molecule has 2 heteroatoms. The second kappa shape index (κ2) is 3.85. The molecule has 0 radical (unpaired) electrons. The molecular formula is C12H18O2. The van der Waals surface area contributed by atoms with Crippen molar-refractivity contribution in [2.45, 2.75) is 26.2 Å². The first-order chi connectivity index (χ1) is 6.70. The van der Waals surface area contributed by atoms with Gasteiger partial charge in [-0.25, -0.2) is 0 Å². The SMILES string of the molecule is CC(=O)/C=C/[C@H]1C[C@@H](CO)C2CC1C2. The van der Waals surface area contributed by atoms with E-state index in [2.05, 4.69) is 6.08 Å². The van der Waals surface area contributed by atoms with Gasteiger partial charge in [-0.3, -0.25) is 4.79 Å². The van der Waals surface area contributed by atoms with Gasteiger partial charge in [0.2, 0.25) is 0 Å². The van der Waals surface area contributed by atoms with Crippen molar-refractivity contribution in [2.75, 3.05) is 6.61 Å². The van der Waals surface area contributed by atoms with E-state index in [0.717, 1.165) is 18.3 Å². The maximum Gasteiger partial charge on any atom is 0.152 e. The van der Waals surface area contributed by atoms with Crippen LogP contribution in [0, 0.1) is 23.7 Å². The van der Waals surface area contributed by atoms with Crippen LogP contribution in [0.1, 0.15) is 26.2 Å². The van der Waals surface area contributed by atoms with Crippen LogP contribution in [0.3, 0.4) is 0 Å². The number of hydrogen-bond acceptors (Lipinski definition) is 2. The minimum atomic E-state index is 0.131. The second-order valence-corrected chi connectivity index (χ2v) is 4.80. The van der Waals surface area contributed by atoms with Crippen molar-refractivity contribution in [3.8, 4) is 0 Å². The van der Waals surface area contributed by atoms with Crippen LogP contribution in [0.15, 0.2) is 12.2 Å². The summed E-state index contributed by atoms with van der Waals surface area (Å²) in [7, 11) is 0. The Morgan fingerprint density at radius 3 is 2.64 bits per heavy atom. The number of aliphatic hydroxyl groups excluding tert-OH is 1. The summed E-state index contributed by atoms with van der Waals surface area (Å²) in [5.74, 6) is 2.72. The van der Waals surface area contributed by atoms with Crippen LogP contribution in [0.25, 0.3) is 0 Å². The number of rotatable bonds is 3. The van der Waals surface area contributed by atoms with Gasteiger partial charge >= 0.3 is 0 Å². The molecule has 1 N–H and O–H groups in total. The summed E-state index contributed by atoms with van der Waals surface area (Å²) in [6.45, 7) is 1.91. The number of hydrogen-bond donors (Lipinski definition) is 1. The molecule has 2 bridgehead atoms. The van der Waals surface area contributed by atoms with Gasteiger partial charge in [-0.05, 0) is 55.9 Å². The van der Waals surface area contributed by atoms with Crippen molar-refractivity contribution in [2.24, 2.45) is 23.7 Å². The highest BCUT2D eigenvalue weighted by Crippen LogP contribution is 2.52. The Kier molecular flexibility index (Phi) is 2.73. The van der Waals surface area contributed by atoms with E-state index in [4.69, 9.17) is 0 Å². The van der Waals surface area contributed by atoms with Crippen LogP contribution in [0.4, 0.5) is 0 Å². The summed E-state index contributed by atoms with van der Waals surface area (Å²) >= 11 is 0. The van der Waals surface area contributed by atoms with Crippen LogP contribution in [-0.4, -0.2) is 17.5 Å². The Hall–Kier alpha value is -0.630. The number of carbonyl (C=O) groups is 1. The molecule has 2 atom stereocenters. The number of carbonyl (C=O) groups excluding carboxylic acids is 1. The molecule has 0 aromatic carbocycles. The van der Waals surface area contributed by atoms with E-state index < -0.39 is 0 Å². The second-order valence-electron chi connectivity index (χ2n) is 4.80. The molecular weight excluding hydrogens is 176 g/mol. The highest BCUT2D eigenvalue weighted by molar-refractivity contribution is 5.87. The van der Waals surface area contributed by atoms with Gasteiger partial charge in [-0.2, -0.15) is 0 Å². The van der Waals surface area contributed by atoms with E-state index in [1.54, 1.807) is 13.0 Å². The summed E-state index contributed by atoms with van der Waals surface area (Å²) in [5, 5.41) is 9.19. The van der Waals surface area contributed by atoms with Gasteiger partial charge in [0, 0.05) is 6.61 Å². The van der Waals surface area contributed by atoms with Gasteiger partial charge in [0.1, 0.15) is 0 Å². The lowest BCUT2D eigenvalue weighted by molar-refractivity contribution is -0.112. The summed E-state index contributed by atoms with van der Waals surface area (Å²) in [4.78, 5) is 10.8. The molecule has 3 saturated carbocycles. The average Bonchev–Trinajstić information content (AvgIpc) is 2.12. The third-order valence-corrected chi connectivity index (χ3v) is 3.87. The zero-order valence-corrected chi connectivity index (χ0v) is 8.65. The number of fused-ring (bicyclic) bond motifs is 2. The minimum absolute atomic E-state index is 0.131. The molecule has 0 aliphatic heterocycles. The molecule has 14 heavy (non-hydrogen) atoms. The number of ketones is 1. The lowest BCUT2D eigenvalue weighted by Crippen LogP contribution is -2.43. The monoisotopic (exact) mass is 194 g/mol. The molecule has 0 spiro atoms. The molecule has 3 fully saturated rings. The summed E-state index contributed by atoms with van der Waals surface area (Å²) in [6, 6.07) is 0. The van der Waals surface area contributed by atoms with Gasteiger partial charge in [0.05, 0.1) is 0 Å². The van der Waals surface area contributed by atoms with Gasteiger partial charge in [0.15, 0.2) is 5.78 Å². The molecule has 0 aromatic heterocycles. The van der Waals surface area contributed by atoms with E-state index in [9.17, 15) is 9.90 Å². The van der Waals surface area contributed by atoms with Gasteiger partial charge in [-0.1, -0.05) is 6.08 Å². The summed E-state index contributed by atoms with van der Waals surface area (Å²) in [5.41, 5.74) is 0. The van der Waals surface area contributed by atoms with Crippen LogP contribution >= 0.6 is 0 Å². The van der Waals surface area contributed by atoms with Crippen LogP contribution in [0.5, 0.6) is 0 Å². The summed E-state index contributed by atoms with van der Waals surface area (Å²) in [6.07, 6.45) is 7.36. The fourth-order valence-corrected chi connectivity index (χ4v) is 2.90. The molecule has 78 valence electrons. The molecule has 3 rings (SSSR count). The summed E-state index contributed by atoms with van der Waals surface area (Å²) < 4.78 is 0. The van der Waals surface area contributed by atoms with Crippen molar-refractivity contribution >= 4 is 5.78 Å². The maximum absolute atomic E-state index is 10.8. The topological polar surface area (TPSA) is 37.3 Å². The Labute approximate surface area is 85.0 Å². The first-order valence-corrected chi connectivity index (χ1v) is 5.50. The lowest BCUT2D eigenvalue weighted by Gasteiger charge is -2.50. The van der Waals surface area contributed by atoms with E-state index in [1.807, 2.05) is 0 Å². The smallest absolute Gasteiger partial charge is 0.152 e. The standard InChI is InChI=1S/C12H18O2/c1-8(14)2-3-9-4-12(7-13)11-5-10(9)6-11/h2-3,9-13H,4-7H2,1H3/b3-2+/t9-,10?,11?,12-/m0/s1. The number of allylic oxidation sites excluding steroid dienone is 2. The first-order valence-electron chi connectivity index (χ1n) is 5.50. The zero-order valence-electron chi connectivity index (χ0n) is 8.65. The zero-order chi connectivity index (χ0) is 10.1. The molecule has 3 aliphatic carbocycles. The number of aliphatic hydroxyl groups is 1. The van der Waals surface area contributed by atoms with E-state index in [-0.39, 0.29) is 5.78 Å². The average molecular weight is 194 g/mol. The Balaban J connectivity index is 1.96. The van der Waals surface area contributed by atoms with E-state index in [1.165, 1.54) is 12.8 Å². The Morgan fingerprint density at radius 1 is 1.36 bits per heavy atom. The van der Waals surface area contributed by atoms with Crippen LogP contribution < -0.4 is 0 Å². The fourth-order valence-electron chi connectivity index (χ4n) is 2.90. The van der Waals surface area contributed by atoms with Crippen molar-refractivity contribution in [3.63, 3.8) is 0 Å². The van der Waals surface area contributed by atoms with Crippen molar-refractivity contribution < 1.29 is 9.90 Å². The maximum atomic E-state index is 10.8. The Bertz CT molecular complexity index is 251. The molecule has 2 nitrogen and oxygen atoms in total. The quantitative estimate of drug-likeness (QED) is 0.695. The predicted octanol–water partition coefficient (Wildman–Crippen LogP) is 1.79. The van der Waals surface area contributed by atoms with Crippen molar-refractivity contribution in [1.29, 1.82) is 0 Å². The van der Waals surface area contributed by atoms with Crippen molar-refractivity contribution in [1.82, 2.24) is 0 Å².